The monoisotopic (exact) mass is 437 g/mol. The molecule has 0 aliphatic carbocycles. The van der Waals surface area contributed by atoms with Gasteiger partial charge in [-0.15, -0.1) is 15.0 Å². The highest BCUT2D eigenvalue weighted by molar-refractivity contribution is 5.73. The van der Waals surface area contributed by atoms with Gasteiger partial charge >= 0.3 is 0 Å². The molecule has 5 heteroatoms. The average molecular weight is 438 g/mol. The van der Waals surface area contributed by atoms with Crippen LogP contribution >= 0.6 is 0 Å². The minimum atomic E-state index is -0.185. The number of benzene rings is 2. The van der Waals surface area contributed by atoms with Gasteiger partial charge in [-0.25, -0.2) is 0 Å². The number of aromatic nitrogens is 3. The Morgan fingerprint density at radius 2 is 1.50 bits per heavy atom. The summed E-state index contributed by atoms with van der Waals surface area (Å²) in [6, 6.07) is 11.9. The molecule has 0 radical (unpaired) electrons. The minimum absolute atomic E-state index is 0.185. The zero-order valence-electron chi connectivity index (χ0n) is 20.2. The fourth-order valence-electron chi connectivity index (χ4n) is 3.98. The summed E-state index contributed by atoms with van der Waals surface area (Å²) >= 11 is 0. The summed E-state index contributed by atoms with van der Waals surface area (Å²) in [4.78, 5) is 1.56. The number of phenols is 1. The van der Waals surface area contributed by atoms with E-state index >= 15 is 0 Å². The SMILES string of the molecule is CCCCCCCCOCCCc1cc(-n2nc3ccccc3n2)c(O)c(C(C)(C)C)c1. The van der Waals surface area contributed by atoms with Crippen LogP contribution in [-0.2, 0) is 16.6 Å². The maximum absolute atomic E-state index is 11.0. The molecule has 0 amide bonds. The van der Waals surface area contributed by atoms with Crippen LogP contribution in [0.15, 0.2) is 36.4 Å². The molecule has 1 N–H and O–H groups in total. The number of aryl methyl sites for hydroxylation is 1. The number of ether oxygens (including phenoxy) is 1. The van der Waals surface area contributed by atoms with Gasteiger partial charge in [-0.05, 0) is 48.4 Å². The van der Waals surface area contributed by atoms with E-state index in [4.69, 9.17) is 4.74 Å². The van der Waals surface area contributed by atoms with Crippen LogP contribution in [0, 0.1) is 0 Å². The van der Waals surface area contributed by atoms with Crippen LogP contribution in [0.25, 0.3) is 16.7 Å². The molecule has 0 saturated carbocycles. The zero-order chi connectivity index (χ0) is 23.0. The van der Waals surface area contributed by atoms with Crippen LogP contribution in [0.1, 0.15) is 83.8 Å². The number of hydrogen-bond donors (Lipinski definition) is 1. The fraction of sp³-hybridized carbons (Fsp3) is 0.556. The summed E-state index contributed by atoms with van der Waals surface area (Å²) in [5.41, 5.74) is 4.18. The largest absolute Gasteiger partial charge is 0.505 e. The summed E-state index contributed by atoms with van der Waals surface area (Å²) in [7, 11) is 0. The Morgan fingerprint density at radius 3 is 2.16 bits per heavy atom. The highest BCUT2D eigenvalue weighted by Gasteiger charge is 2.23. The van der Waals surface area contributed by atoms with Crippen LogP contribution in [0.2, 0.25) is 0 Å². The highest BCUT2D eigenvalue weighted by Crippen LogP contribution is 2.36. The maximum Gasteiger partial charge on any atom is 0.146 e. The number of phenolic OH excluding ortho intramolecular Hbond substituents is 1. The predicted octanol–water partition coefficient (Wildman–Crippen LogP) is 6.73. The number of hydrogen-bond acceptors (Lipinski definition) is 4. The molecule has 0 bridgehead atoms. The molecule has 1 heterocycles. The summed E-state index contributed by atoms with van der Waals surface area (Å²) in [5, 5.41) is 20.2. The molecule has 5 nitrogen and oxygen atoms in total. The molecule has 0 aliphatic heterocycles. The molecule has 0 unspecified atom stereocenters. The van der Waals surface area contributed by atoms with Gasteiger partial charge in [-0.1, -0.05) is 78.0 Å². The van der Waals surface area contributed by atoms with E-state index in [1.54, 1.807) is 4.80 Å². The van der Waals surface area contributed by atoms with Crippen molar-refractivity contribution >= 4 is 11.0 Å². The first-order valence-corrected chi connectivity index (χ1v) is 12.2. The number of fused-ring (bicyclic) bond motifs is 1. The van der Waals surface area contributed by atoms with Crippen molar-refractivity contribution in [1.29, 1.82) is 0 Å². The third-order valence-corrected chi connectivity index (χ3v) is 5.86. The van der Waals surface area contributed by atoms with Crippen LogP contribution in [-0.4, -0.2) is 33.3 Å². The Morgan fingerprint density at radius 1 is 0.875 bits per heavy atom. The molecule has 0 atom stereocenters. The molecule has 0 aliphatic rings. The summed E-state index contributed by atoms with van der Waals surface area (Å²) in [6.07, 6.45) is 9.57. The Kier molecular flexibility index (Phi) is 8.68. The molecule has 2 aromatic carbocycles. The molecule has 3 rings (SSSR count). The quantitative estimate of drug-likeness (QED) is 0.319. The van der Waals surface area contributed by atoms with E-state index in [-0.39, 0.29) is 11.2 Å². The van der Waals surface area contributed by atoms with Crippen LogP contribution < -0.4 is 0 Å². The molecular formula is C27H39N3O2. The lowest BCUT2D eigenvalue weighted by atomic mass is 9.84. The van der Waals surface area contributed by atoms with Crippen molar-refractivity contribution in [1.82, 2.24) is 15.0 Å². The van der Waals surface area contributed by atoms with Crippen molar-refractivity contribution in [2.45, 2.75) is 84.5 Å². The summed E-state index contributed by atoms with van der Waals surface area (Å²) in [5.74, 6) is 0.251. The molecule has 0 saturated heterocycles. The lowest BCUT2D eigenvalue weighted by Gasteiger charge is -2.23. The standard InChI is InChI=1S/C27H39N3O2/c1-5-6-7-8-9-12-17-32-18-13-14-21-19-22(27(2,3)4)26(31)25(20-21)30-28-23-15-10-11-16-24(23)29-30/h10-11,15-16,19-20,31H,5-9,12-14,17-18H2,1-4H3. The second kappa shape index (κ2) is 11.5. The second-order valence-corrected chi connectivity index (χ2v) is 9.72. The third-order valence-electron chi connectivity index (χ3n) is 5.86. The molecule has 3 aromatic rings. The normalized spacial score (nSPS) is 12.0. The van der Waals surface area contributed by atoms with Crippen molar-refractivity contribution in [3.63, 3.8) is 0 Å². The lowest BCUT2D eigenvalue weighted by molar-refractivity contribution is 0.127. The van der Waals surface area contributed by atoms with Gasteiger partial charge in [0.15, 0.2) is 0 Å². The second-order valence-electron chi connectivity index (χ2n) is 9.72. The van der Waals surface area contributed by atoms with Crippen LogP contribution in [0.5, 0.6) is 5.75 Å². The van der Waals surface area contributed by atoms with Crippen LogP contribution in [0.4, 0.5) is 0 Å². The Bertz CT molecular complexity index is 955. The smallest absolute Gasteiger partial charge is 0.146 e. The Hall–Kier alpha value is -2.40. The third kappa shape index (κ3) is 6.55. The van der Waals surface area contributed by atoms with Crippen LogP contribution in [0.3, 0.4) is 0 Å². The van der Waals surface area contributed by atoms with Crippen molar-refractivity contribution in [2.24, 2.45) is 0 Å². The van der Waals surface area contributed by atoms with Gasteiger partial charge in [-0.3, -0.25) is 0 Å². The molecule has 32 heavy (non-hydrogen) atoms. The Balaban J connectivity index is 1.64. The molecule has 174 valence electrons. The number of nitrogens with zero attached hydrogens (tertiary/aromatic N) is 3. The van der Waals surface area contributed by atoms with Gasteiger partial charge < -0.3 is 9.84 Å². The van der Waals surface area contributed by atoms with E-state index in [0.29, 0.717) is 5.69 Å². The van der Waals surface area contributed by atoms with E-state index in [0.717, 1.165) is 49.1 Å². The first-order chi connectivity index (χ1) is 15.4. The first-order valence-electron chi connectivity index (χ1n) is 12.2. The minimum Gasteiger partial charge on any atom is -0.505 e. The van der Waals surface area contributed by atoms with Gasteiger partial charge in [-0.2, -0.15) is 0 Å². The molecule has 1 aromatic heterocycles. The van der Waals surface area contributed by atoms with Gasteiger partial charge in [0.05, 0.1) is 0 Å². The van der Waals surface area contributed by atoms with Gasteiger partial charge in [0, 0.05) is 18.8 Å². The summed E-state index contributed by atoms with van der Waals surface area (Å²) in [6.45, 7) is 10.2. The maximum atomic E-state index is 11.0. The van der Waals surface area contributed by atoms with Crippen molar-refractivity contribution in [3.8, 4) is 11.4 Å². The molecule has 0 fully saturated rings. The van der Waals surface area contributed by atoms with Gasteiger partial charge in [0.1, 0.15) is 22.5 Å². The lowest BCUT2D eigenvalue weighted by Crippen LogP contribution is -2.14. The van der Waals surface area contributed by atoms with Gasteiger partial charge in [0.25, 0.3) is 0 Å². The number of unbranched alkanes of at least 4 members (excludes halogenated alkanes) is 5. The Labute approximate surface area is 192 Å². The fourth-order valence-corrected chi connectivity index (χ4v) is 3.98. The molecular weight excluding hydrogens is 398 g/mol. The number of rotatable bonds is 12. The van der Waals surface area contributed by atoms with E-state index in [1.165, 1.54) is 37.7 Å². The van der Waals surface area contributed by atoms with Gasteiger partial charge in [0.2, 0.25) is 0 Å². The zero-order valence-corrected chi connectivity index (χ0v) is 20.2. The van der Waals surface area contributed by atoms with E-state index in [2.05, 4.69) is 44.0 Å². The first kappa shape index (κ1) is 24.2. The summed E-state index contributed by atoms with van der Waals surface area (Å²) < 4.78 is 5.86. The predicted molar refractivity (Wildman–Crippen MR) is 132 cm³/mol. The van der Waals surface area contributed by atoms with Crippen molar-refractivity contribution < 1.29 is 9.84 Å². The average Bonchev–Trinajstić information content (AvgIpc) is 3.19. The van der Waals surface area contributed by atoms with E-state index in [9.17, 15) is 5.11 Å². The topological polar surface area (TPSA) is 60.2 Å². The van der Waals surface area contributed by atoms with Crippen molar-refractivity contribution in [2.75, 3.05) is 13.2 Å². The molecule has 0 spiro atoms. The van der Waals surface area contributed by atoms with E-state index in [1.807, 2.05) is 30.3 Å². The van der Waals surface area contributed by atoms with Crippen molar-refractivity contribution in [3.05, 3.63) is 47.5 Å². The highest BCUT2D eigenvalue weighted by atomic mass is 16.5. The number of aromatic hydroxyl groups is 1. The van der Waals surface area contributed by atoms with E-state index < -0.39 is 0 Å².